The fourth-order valence-electron chi connectivity index (χ4n) is 2.46. The number of hydrogen-bond donors (Lipinski definition) is 4. The Morgan fingerprint density at radius 1 is 1.08 bits per heavy atom. The fraction of sp³-hybridized carbons (Fsp3) is 0.111. The van der Waals surface area contributed by atoms with Crippen molar-refractivity contribution >= 4 is 11.8 Å². The molecule has 5 N–H and O–H groups in total. The zero-order valence-electron chi connectivity index (χ0n) is 13.8. The van der Waals surface area contributed by atoms with Crippen LogP contribution in [0, 0.1) is 5.39 Å². The highest BCUT2D eigenvalue weighted by Gasteiger charge is 2.21. The Kier molecular flexibility index (Phi) is 6.42. The first kappa shape index (κ1) is 18.6. The molecule has 1 atom stereocenters. The molecule has 0 aliphatic carbocycles. The molecule has 0 bridgehead atoms. The third-order valence-electron chi connectivity index (χ3n) is 3.67. The molecule has 8 nitrogen and oxygen atoms in total. The molecule has 0 radical (unpaired) electrons. The van der Waals surface area contributed by atoms with Gasteiger partial charge in [-0.3, -0.25) is 15.0 Å². The van der Waals surface area contributed by atoms with Crippen LogP contribution < -0.4 is 16.6 Å². The summed E-state index contributed by atoms with van der Waals surface area (Å²) in [6.07, 6.45) is 0.892. The molecule has 2 amide bonds. The van der Waals surface area contributed by atoms with Gasteiger partial charge in [-0.1, -0.05) is 42.5 Å². The summed E-state index contributed by atoms with van der Waals surface area (Å²) in [5.41, 5.74) is 3.01. The summed E-state index contributed by atoms with van der Waals surface area (Å²) < 4.78 is 0. The Hall–Kier alpha value is -3.70. The quantitative estimate of drug-likeness (QED) is 0.208. The number of hydrazine groups is 1. The fourth-order valence-corrected chi connectivity index (χ4v) is 2.46. The largest absolute Gasteiger partial charge is 0.505 e. The van der Waals surface area contributed by atoms with Crippen LogP contribution in [0.25, 0.3) is 4.98 Å². The van der Waals surface area contributed by atoms with Crippen LogP contribution in [0.2, 0.25) is 0 Å². The van der Waals surface area contributed by atoms with E-state index in [1.165, 1.54) is 12.1 Å². The number of nitrogens with two attached hydrogens (primary N) is 1. The summed E-state index contributed by atoms with van der Waals surface area (Å²) in [4.78, 5) is 27.3. The number of carbonyl (C=O) groups is 2. The molecule has 8 heteroatoms. The van der Waals surface area contributed by atoms with Crippen molar-refractivity contribution in [2.75, 3.05) is 0 Å². The van der Waals surface area contributed by atoms with E-state index in [0.717, 1.165) is 11.8 Å². The van der Waals surface area contributed by atoms with E-state index >= 15 is 0 Å². The number of hydrogen-bond acceptors (Lipinski definition) is 5. The molecule has 1 unspecified atom stereocenters. The van der Waals surface area contributed by atoms with Gasteiger partial charge in [-0.2, -0.15) is 0 Å². The van der Waals surface area contributed by atoms with Gasteiger partial charge in [-0.25, -0.2) is 5.84 Å². The summed E-state index contributed by atoms with van der Waals surface area (Å²) in [6, 6.07) is 14.6. The first-order valence-electron chi connectivity index (χ1n) is 7.74. The van der Waals surface area contributed by atoms with Crippen LogP contribution in [-0.2, 0) is 0 Å². The minimum atomic E-state index is -0.601. The molecule has 0 aliphatic heterocycles. The lowest BCUT2D eigenvalue weighted by molar-refractivity contribution is 0.0908. The van der Waals surface area contributed by atoms with Crippen LogP contribution in [0.15, 0.2) is 66.6 Å². The Bertz CT molecular complexity index is 859. The van der Waals surface area contributed by atoms with Crippen molar-refractivity contribution in [3.05, 3.63) is 88.2 Å². The van der Waals surface area contributed by atoms with Gasteiger partial charge in [0, 0.05) is 6.42 Å². The molecule has 0 aromatic heterocycles. The molecule has 132 valence electrons. The van der Waals surface area contributed by atoms with Crippen LogP contribution in [0.4, 0.5) is 0 Å². The van der Waals surface area contributed by atoms with Crippen molar-refractivity contribution in [3.63, 3.8) is 0 Å². The molecule has 0 heterocycles. The maximum absolute atomic E-state index is 12.7. The lowest BCUT2D eigenvalue weighted by atomic mass is 10.0. The molecule has 0 fully saturated rings. The Morgan fingerprint density at radius 2 is 1.65 bits per heavy atom. The predicted molar refractivity (Wildman–Crippen MR) is 95.2 cm³/mol. The maximum Gasteiger partial charge on any atom is 0.387 e. The predicted octanol–water partition coefficient (Wildman–Crippen LogP) is 2.40. The average Bonchev–Trinajstić information content (AvgIpc) is 2.67. The van der Waals surface area contributed by atoms with E-state index in [1.54, 1.807) is 36.4 Å². The van der Waals surface area contributed by atoms with Crippen LogP contribution in [0.5, 0.6) is 0 Å². The van der Waals surface area contributed by atoms with Gasteiger partial charge in [0.05, 0.1) is 17.2 Å². The van der Waals surface area contributed by atoms with Gasteiger partial charge in [-0.15, -0.1) is 0 Å². The van der Waals surface area contributed by atoms with Crippen LogP contribution >= 0.6 is 0 Å². The number of amides is 2. The van der Waals surface area contributed by atoms with Crippen molar-refractivity contribution in [1.29, 1.82) is 5.39 Å². The molecule has 0 saturated heterocycles. The van der Waals surface area contributed by atoms with Gasteiger partial charge in [0.25, 0.3) is 11.8 Å². The van der Waals surface area contributed by atoms with Crippen molar-refractivity contribution in [2.45, 2.75) is 12.5 Å². The summed E-state index contributed by atoms with van der Waals surface area (Å²) in [6.45, 7) is 0. The number of aliphatic hydroxyl groups excluding tert-OH is 1. The lowest BCUT2D eigenvalue weighted by Gasteiger charge is -2.19. The highest BCUT2D eigenvalue weighted by Crippen LogP contribution is 2.21. The molecule has 0 aliphatic rings. The number of diazo groups is 1. The Labute approximate surface area is 149 Å². The molecule has 2 aromatic rings. The second-order valence-corrected chi connectivity index (χ2v) is 5.40. The van der Waals surface area contributed by atoms with Crippen LogP contribution in [0.3, 0.4) is 0 Å². The van der Waals surface area contributed by atoms with Gasteiger partial charge >= 0.3 is 6.20 Å². The number of benzene rings is 2. The summed E-state index contributed by atoms with van der Waals surface area (Å²) >= 11 is 0. The smallest absolute Gasteiger partial charge is 0.387 e. The molecule has 0 spiro atoms. The number of carbonyl (C=O) groups excluding carboxylic acids is 2. The van der Waals surface area contributed by atoms with Gasteiger partial charge < -0.3 is 10.4 Å². The van der Waals surface area contributed by atoms with Gasteiger partial charge in [0.15, 0.2) is 10.7 Å². The minimum absolute atomic E-state index is 0.00503. The van der Waals surface area contributed by atoms with Crippen LogP contribution in [-0.4, -0.2) is 16.9 Å². The highest BCUT2D eigenvalue weighted by atomic mass is 16.3. The SMILES string of the molecule is N#[N+]/C=C(/O)CC(NC(=O)c1ccccc1C(=O)NN)c1ccccc1. The standard InChI is InChI=1S/C18H17N5O3/c19-21-11-13(24)10-16(12-6-2-1-3-7-12)22-17(25)14-8-4-5-9-15(14)18(26)23-20/h1-9,11,16,19-20H,10H2,(H2,22,24,25)/p+1/b13-11+. The van der Waals surface area contributed by atoms with E-state index in [4.69, 9.17) is 11.2 Å². The van der Waals surface area contributed by atoms with E-state index in [2.05, 4.69) is 10.3 Å². The molecule has 2 rings (SSSR count). The second kappa shape index (κ2) is 8.96. The highest BCUT2D eigenvalue weighted by molar-refractivity contribution is 6.07. The van der Waals surface area contributed by atoms with E-state index in [9.17, 15) is 14.7 Å². The van der Waals surface area contributed by atoms with Gasteiger partial charge in [0.2, 0.25) is 5.39 Å². The topological polar surface area (TPSA) is 133 Å². The maximum atomic E-state index is 12.7. The molecule has 0 saturated carbocycles. The third kappa shape index (κ3) is 4.66. The molecule has 2 aromatic carbocycles. The number of nitrogens with zero attached hydrogens (tertiary/aromatic N) is 2. The van der Waals surface area contributed by atoms with E-state index in [0.29, 0.717) is 0 Å². The summed E-state index contributed by atoms with van der Waals surface area (Å²) in [5, 5.41) is 21.1. The van der Waals surface area contributed by atoms with E-state index < -0.39 is 17.9 Å². The van der Waals surface area contributed by atoms with Crippen molar-refractivity contribution in [3.8, 4) is 0 Å². The number of aliphatic hydroxyl groups is 1. The third-order valence-corrected chi connectivity index (χ3v) is 3.67. The Morgan fingerprint density at radius 3 is 2.23 bits per heavy atom. The monoisotopic (exact) mass is 352 g/mol. The van der Waals surface area contributed by atoms with Crippen LogP contribution in [0.1, 0.15) is 38.7 Å². The number of nitrogen functional groups attached to an aromatic ring is 1. The molecule has 26 heavy (non-hydrogen) atoms. The first-order valence-corrected chi connectivity index (χ1v) is 7.74. The molecular weight excluding hydrogens is 334 g/mol. The Balaban J connectivity index is 2.31. The second-order valence-electron chi connectivity index (χ2n) is 5.40. The first-order chi connectivity index (χ1) is 12.6. The molecular formula is C18H18N5O3+. The lowest BCUT2D eigenvalue weighted by Crippen LogP contribution is -2.34. The van der Waals surface area contributed by atoms with E-state index in [1.807, 2.05) is 11.5 Å². The van der Waals surface area contributed by atoms with E-state index in [-0.39, 0.29) is 23.3 Å². The van der Waals surface area contributed by atoms with Gasteiger partial charge in [-0.05, 0) is 17.7 Å². The summed E-state index contributed by atoms with van der Waals surface area (Å²) in [5.74, 6) is 3.85. The van der Waals surface area contributed by atoms with Crippen molar-refractivity contribution in [2.24, 2.45) is 5.84 Å². The summed E-state index contributed by atoms with van der Waals surface area (Å²) in [7, 11) is 0. The van der Waals surface area contributed by atoms with Crippen molar-refractivity contribution in [1.82, 2.24) is 10.7 Å². The normalized spacial score (nSPS) is 11.9. The average molecular weight is 352 g/mol. The minimum Gasteiger partial charge on any atom is -0.505 e. The van der Waals surface area contributed by atoms with Crippen molar-refractivity contribution < 1.29 is 14.7 Å². The van der Waals surface area contributed by atoms with Gasteiger partial charge in [0.1, 0.15) is 0 Å². The number of nitrogens with one attached hydrogen (secondary N) is 2. The zero-order chi connectivity index (χ0) is 18.9. The number of rotatable bonds is 6. The zero-order valence-corrected chi connectivity index (χ0v) is 13.8.